The summed E-state index contributed by atoms with van der Waals surface area (Å²) in [7, 11) is -1.46. The predicted molar refractivity (Wildman–Crippen MR) is 83.6 cm³/mol. The van der Waals surface area contributed by atoms with Gasteiger partial charge < -0.3 is 4.90 Å². The van der Waals surface area contributed by atoms with Crippen LogP contribution in [0, 0.1) is 0 Å². The van der Waals surface area contributed by atoms with Crippen molar-refractivity contribution < 1.29 is 13.2 Å². The molecule has 1 aromatic heterocycles. The molecule has 2 rings (SSSR count). The van der Waals surface area contributed by atoms with E-state index in [4.69, 9.17) is 0 Å². The fourth-order valence-corrected chi connectivity index (χ4v) is 5.12. The summed E-state index contributed by atoms with van der Waals surface area (Å²) in [5.74, 6) is 0.0341. The number of aromatic nitrogens is 3. The molecule has 2 heterocycles. The average Bonchev–Trinajstić information content (AvgIpc) is 2.96. The van der Waals surface area contributed by atoms with Crippen molar-refractivity contribution in [3.8, 4) is 0 Å². The Labute approximate surface area is 133 Å². The van der Waals surface area contributed by atoms with Crippen molar-refractivity contribution in [3.63, 3.8) is 0 Å². The third kappa shape index (κ3) is 3.54. The Hall–Kier alpha value is -1.29. The van der Waals surface area contributed by atoms with Crippen molar-refractivity contribution in [2.75, 3.05) is 18.1 Å². The van der Waals surface area contributed by atoms with Crippen LogP contribution in [0.15, 0.2) is 9.95 Å². The Kier molecular flexibility index (Phi) is 5.00. The van der Waals surface area contributed by atoms with E-state index in [0.717, 1.165) is 0 Å². The molecule has 1 fully saturated rings. The molecule has 0 aliphatic carbocycles. The van der Waals surface area contributed by atoms with Crippen LogP contribution in [0.1, 0.15) is 20.3 Å². The van der Waals surface area contributed by atoms with Gasteiger partial charge in [-0.15, -0.1) is 5.10 Å². The molecule has 1 aliphatic heterocycles. The van der Waals surface area contributed by atoms with Crippen LogP contribution in [-0.2, 0) is 21.7 Å². The number of thioether (sulfide) groups is 1. The van der Waals surface area contributed by atoms with Crippen molar-refractivity contribution in [1.82, 2.24) is 19.7 Å². The molecule has 8 nitrogen and oxygen atoms in total. The lowest BCUT2D eigenvalue weighted by atomic mass is 10.2. The lowest BCUT2D eigenvalue weighted by Crippen LogP contribution is -2.44. The lowest BCUT2D eigenvalue weighted by molar-refractivity contribution is -0.131. The van der Waals surface area contributed by atoms with Gasteiger partial charge in [0.1, 0.15) is 0 Å². The van der Waals surface area contributed by atoms with E-state index in [-0.39, 0.29) is 29.1 Å². The van der Waals surface area contributed by atoms with E-state index in [1.54, 1.807) is 18.9 Å². The molecule has 10 heteroatoms. The molecule has 1 N–H and O–H groups in total. The molecule has 0 bridgehead atoms. The van der Waals surface area contributed by atoms with Gasteiger partial charge >= 0.3 is 5.69 Å². The van der Waals surface area contributed by atoms with E-state index in [9.17, 15) is 18.0 Å². The quantitative estimate of drug-likeness (QED) is 0.728. The van der Waals surface area contributed by atoms with Gasteiger partial charge in [0, 0.05) is 19.6 Å². The molecule has 1 saturated heterocycles. The van der Waals surface area contributed by atoms with E-state index in [1.165, 1.54) is 16.3 Å². The number of sulfone groups is 1. The predicted octanol–water partition coefficient (Wildman–Crippen LogP) is -0.375. The maximum Gasteiger partial charge on any atom is 0.343 e. The highest BCUT2D eigenvalue weighted by Gasteiger charge is 2.35. The minimum atomic E-state index is -3.04. The molecule has 22 heavy (non-hydrogen) atoms. The molecule has 0 unspecified atom stereocenters. The molecule has 0 radical (unpaired) electrons. The molecular weight excluding hydrogens is 328 g/mol. The molecule has 1 aliphatic rings. The number of nitrogens with one attached hydrogen (secondary N) is 1. The number of amides is 1. The van der Waals surface area contributed by atoms with Crippen LogP contribution in [0.25, 0.3) is 0 Å². The van der Waals surface area contributed by atoms with Gasteiger partial charge in [-0.05, 0) is 20.3 Å². The zero-order chi connectivity index (χ0) is 16.5. The summed E-state index contributed by atoms with van der Waals surface area (Å²) in [5, 5.41) is 6.17. The second-order valence-electron chi connectivity index (χ2n) is 5.31. The van der Waals surface area contributed by atoms with Crippen LogP contribution in [-0.4, -0.2) is 63.3 Å². The Morgan fingerprint density at radius 2 is 2.27 bits per heavy atom. The van der Waals surface area contributed by atoms with Gasteiger partial charge in [0.2, 0.25) is 5.91 Å². The summed E-state index contributed by atoms with van der Waals surface area (Å²) < 4.78 is 24.5. The molecular formula is C12H20N4O4S2. The van der Waals surface area contributed by atoms with E-state index in [0.29, 0.717) is 18.1 Å². The van der Waals surface area contributed by atoms with Gasteiger partial charge in [-0.1, -0.05) is 11.8 Å². The summed E-state index contributed by atoms with van der Waals surface area (Å²) in [6.07, 6.45) is 0.486. The van der Waals surface area contributed by atoms with Crippen molar-refractivity contribution in [2.45, 2.75) is 36.7 Å². The molecule has 1 amide bonds. The van der Waals surface area contributed by atoms with Crippen molar-refractivity contribution >= 4 is 27.5 Å². The summed E-state index contributed by atoms with van der Waals surface area (Å²) in [4.78, 5) is 25.5. The normalized spacial score (nSPS) is 21.7. The monoisotopic (exact) mass is 348 g/mol. The van der Waals surface area contributed by atoms with Crippen LogP contribution in [0.3, 0.4) is 0 Å². The van der Waals surface area contributed by atoms with E-state index >= 15 is 0 Å². The number of hydrogen-bond donors (Lipinski definition) is 1. The highest BCUT2D eigenvalue weighted by atomic mass is 32.2. The highest BCUT2D eigenvalue weighted by Crippen LogP contribution is 2.24. The van der Waals surface area contributed by atoms with E-state index < -0.39 is 15.1 Å². The summed E-state index contributed by atoms with van der Waals surface area (Å²) in [6.45, 7) is 4.03. The number of H-pyrrole nitrogens is 1. The first kappa shape index (κ1) is 17.1. The maximum atomic E-state index is 12.6. The summed E-state index contributed by atoms with van der Waals surface area (Å²) in [6, 6.07) is -0.256. The van der Waals surface area contributed by atoms with Gasteiger partial charge in [-0.25, -0.2) is 18.3 Å². The molecule has 2 atom stereocenters. The second kappa shape index (κ2) is 6.45. The zero-order valence-corrected chi connectivity index (χ0v) is 14.4. The molecule has 0 saturated carbocycles. The Morgan fingerprint density at radius 3 is 2.73 bits per heavy atom. The fourth-order valence-electron chi connectivity index (χ4n) is 2.50. The summed E-state index contributed by atoms with van der Waals surface area (Å²) in [5.41, 5.74) is -0.337. The average molecular weight is 348 g/mol. The fraction of sp³-hybridized carbons (Fsp3) is 0.750. The molecule has 0 aromatic carbocycles. The minimum absolute atomic E-state index is 0.0326. The Balaban J connectivity index is 2.08. The third-order valence-corrected chi connectivity index (χ3v) is 6.62. The molecule has 124 valence electrons. The number of carbonyl (C=O) groups excluding carboxylic acids is 1. The minimum Gasteiger partial charge on any atom is -0.338 e. The van der Waals surface area contributed by atoms with Crippen LogP contribution >= 0.6 is 11.8 Å². The van der Waals surface area contributed by atoms with Crippen molar-refractivity contribution in [3.05, 3.63) is 10.5 Å². The lowest BCUT2D eigenvalue weighted by Gasteiger charge is -2.29. The van der Waals surface area contributed by atoms with Crippen LogP contribution < -0.4 is 5.69 Å². The SMILES string of the molecule is CCN(C(=O)[C@@H](C)Sc1n[nH]c(=O)n1C)[C@@H]1CCS(=O)(=O)C1. The maximum absolute atomic E-state index is 12.6. The van der Waals surface area contributed by atoms with E-state index in [1.807, 2.05) is 6.92 Å². The van der Waals surface area contributed by atoms with Gasteiger partial charge in [0.05, 0.1) is 16.8 Å². The van der Waals surface area contributed by atoms with Gasteiger partial charge in [0.25, 0.3) is 0 Å². The van der Waals surface area contributed by atoms with Crippen molar-refractivity contribution in [1.29, 1.82) is 0 Å². The number of rotatable bonds is 5. The van der Waals surface area contributed by atoms with Gasteiger partial charge in [-0.2, -0.15) is 0 Å². The smallest absolute Gasteiger partial charge is 0.338 e. The van der Waals surface area contributed by atoms with Gasteiger partial charge in [-0.3, -0.25) is 9.36 Å². The number of nitrogens with zero attached hydrogens (tertiary/aromatic N) is 3. The first-order valence-corrected chi connectivity index (χ1v) is 9.74. The molecule has 1 aromatic rings. The standard InChI is InChI=1S/C12H20N4O4S2/c1-4-16(9-5-6-22(19,20)7-9)10(17)8(2)21-12-14-13-11(18)15(12)3/h8-9H,4-7H2,1-3H3,(H,13,18)/t8-,9-/m1/s1. The number of aromatic amines is 1. The summed E-state index contributed by atoms with van der Waals surface area (Å²) >= 11 is 1.18. The molecule has 0 spiro atoms. The largest absolute Gasteiger partial charge is 0.343 e. The van der Waals surface area contributed by atoms with Crippen molar-refractivity contribution in [2.24, 2.45) is 7.05 Å². The Bertz CT molecular complexity index is 709. The van der Waals surface area contributed by atoms with Crippen LogP contribution in [0.5, 0.6) is 0 Å². The first-order chi connectivity index (χ1) is 10.2. The first-order valence-electron chi connectivity index (χ1n) is 7.04. The zero-order valence-electron chi connectivity index (χ0n) is 12.8. The van der Waals surface area contributed by atoms with Gasteiger partial charge in [0.15, 0.2) is 15.0 Å². The van der Waals surface area contributed by atoms with Crippen LogP contribution in [0.2, 0.25) is 0 Å². The highest BCUT2D eigenvalue weighted by molar-refractivity contribution is 8.00. The van der Waals surface area contributed by atoms with Crippen LogP contribution in [0.4, 0.5) is 0 Å². The number of carbonyl (C=O) groups is 1. The Morgan fingerprint density at radius 1 is 1.59 bits per heavy atom. The number of hydrogen-bond acceptors (Lipinski definition) is 6. The topological polar surface area (TPSA) is 105 Å². The van der Waals surface area contributed by atoms with E-state index in [2.05, 4.69) is 10.2 Å². The third-order valence-electron chi connectivity index (χ3n) is 3.74. The second-order valence-corrected chi connectivity index (χ2v) is 8.85.